The molecule has 1 saturated heterocycles. The third kappa shape index (κ3) is 2.21. The zero-order valence-corrected chi connectivity index (χ0v) is 8.79. The minimum absolute atomic E-state index is 0.0969. The maximum atomic E-state index is 11.7. The van der Waals surface area contributed by atoms with E-state index in [0.29, 0.717) is 12.1 Å². The molecule has 1 heterocycles. The van der Waals surface area contributed by atoms with E-state index in [1.54, 1.807) is 6.92 Å². The molecule has 0 aromatic carbocycles. The number of likely N-dealkylation sites (tertiary alicyclic amines) is 1. The summed E-state index contributed by atoms with van der Waals surface area (Å²) in [6.45, 7) is 5.97. The van der Waals surface area contributed by atoms with Crippen molar-refractivity contribution in [2.45, 2.75) is 58.2 Å². The Hall–Kier alpha value is -0.570. The maximum absolute atomic E-state index is 11.7. The van der Waals surface area contributed by atoms with E-state index in [0.717, 1.165) is 12.8 Å². The van der Waals surface area contributed by atoms with Crippen molar-refractivity contribution in [1.29, 1.82) is 0 Å². The van der Waals surface area contributed by atoms with Crippen molar-refractivity contribution in [3.05, 3.63) is 0 Å². The highest BCUT2D eigenvalue weighted by molar-refractivity contribution is 5.81. The van der Waals surface area contributed by atoms with Crippen molar-refractivity contribution in [1.82, 2.24) is 4.90 Å². The second-order valence-electron chi connectivity index (χ2n) is 4.16. The van der Waals surface area contributed by atoms with Crippen molar-refractivity contribution in [3.8, 4) is 0 Å². The molecule has 1 aliphatic heterocycles. The van der Waals surface area contributed by atoms with Crippen molar-refractivity contribution < 1.29 is 4.79 Å². The Morgan fingerprint density at radius 3 is 2.23 bits per heavy atom. The van der Waals surface area contributed by atoms with Crippen LogP contribution < -0.4 is 5.73 Å². The van der Waals surface area contributed by atoms with Gasteiger partial charge in [0.25, 0.3) is 0 Å². The summed E-state index contributed by atoms with van der Waals surface area (Å²) in [6.07, 6.45) is 3.46. The van der Waals surface area contributed by atoms with Gasteiger partial charge >= 0.3 is 0 Å². The zero-order chi connectivity index (χ0) is 10.0. The fourth-order valence-corrected chi connectivity index (χ4v) is 2.09. The summed E-state index contributed by atoms with van der Waals surface area (Å²) in [5.41, 5.74) is 5.60. The summed E-state index contributed by atoms with van der Waals surface area (Å²) in [5, 5.41) is 0. The van der Waals surface area contributed by atoms with Crippen LogP contribution in [0.15, 0.2) is 0 Å². The topological polar surface area (TPSA) is 46.3 Å². The first-order valence-electron chi connectivity index (χ1n) is 5.11. The Morgan fingerprint density at radius 1 is 1.38 bits per heavy atom. The molecule has 0 spiro atoms. The van der Waals surface area contributed by atoms with Gasteiger partial charge in [0, 0.05) is 12.1 Å². The molecule has 2 N–H and O–H groups in total. The number of nitrogens with zero attached hydrogens (tertiary/aromatic N) is 1. The SMILES string of the molecule is CC1CCCC(C)N1C(=O)[C@@H](C)N. The van der Waals surface area contributed by atoms with Gasteiger partial charge in [0.2, 0.25) is 5.91 Å². The first kappa shape index (κ1) is 10.5. The predicted octanol–water partition coefficient (Wildman–Crippen LogP) is 1.12. The third-order valence-corrected chi connectivity index (χ3v) is 2.84. The first-order chi connectivity index (χ1) is 6.04. The van der Waals surface area contributed by atoms with Crippen molar-refractivity contribution >= 4 is 5.91 Å². The van der Waals surface area contributed by atoms with Crippen molar-refractivity contribution in [2.75, 3.05) is 0 Å². The van der Waals surface area contributed by atoms with Gasteiger partial charge in [-0.25, -0.2) is 0 Å². The lowest BCUT2D eigenvalue weighted by atomic mass is 9.97. The summed E-state index contributed by atoms with van der Waals surface area (Å²) >= 11 is 0. The van der Waals surface area contributed by atoms with E-state index in [4.69, 9.17) is 5.73 Å². The van der Waals surface area contributed by atoms with E-state index in [9.17, 15) is 4.79 Å². The zero-order valence-electron chi connectivity index (χ0n) is 8.79. The lowest BCUT2D eigenvalue weighted by molar-refractivity contribution is -0.138. The second kappa shape index (κ2) is 4.09. The van der Waals surface area contributed by atoms with Crippen LogP contribution in [0.1, 0.15) is 40.0 Å². The van der Waals surface area contributed by atoms with E-state index in [2.05, 4.69) is 13.8 Å². The highest BCUT2D eigenvalue weighted by atomic mass is 16.2. The van der Waals surface area contributed by atoms with E-state index < -0.39 is 0 Å². The second-order valence-corrected chi connectivity index (χ2v) is 4.16. The van der Waals surface area contributed by atoms with Crippen LogP contribution in [0.5, 0.6) is 0 Å². The van der Waals surface area contributed by atoms with Crippen molar-refractivity contribution in [2.24, 2.45) is 5.73 Å². The third-order valence-electron chi connectivity index (χ3n) is 2.84. The number of nitrogens with two attached hydrogens (primary N) is 1. The van der Waals surface area contributed by atoms with Crippen LogP contribution in [0.4, 0.5) is 0 Å². The monoisotopic (exact) mass is 184 g/mol. The number of hydrogen-bond acceptors (Lipinski definition) is 2. The molecule has 76 valence electrons. The van der Waals surface area contributed by atoms with Gasteiger partial charge in [0.05, 0.1) is 6.04 Å². The molecular weight excluding hydrogens is 164 g/mol. The summed E-state index contributed by atoms with van der Waals surface area (Å²) in [4.78, 5) is 13.7. The van der Waals surface area contributed by atoms with E-state index in [1.165, 1.54) is 6.42 Å². The number of carbonyl (C=O) groups is 1. The molecular formula is C10H20N2O. The van der Waals surface area contributed by atoms with Gasteiger partial charge in [0.15, 0.2) is 0 Å². The molecule has 0 aromatic heterocycles. The Labute approximate surface area is 80.3 Å². The molecule has 0 saturated carbocycles. The Bertz CT molecular complexity index is 181. The van der Waals surface area contributed by atoms with Gasteiger partial charge in [-0.05, 0) is 40.0 Å². The predicted molar refractivity (Wildman–Crippen MR) is 53.3 cm³/mol. The molecule has 2 unspecified atom stereocenters. The van der Waals surface area contributed by atoms with E-state index in [1.807, 2.05) is 4.90 Å². The average Bonchev–Trinajstić information content (AvgIpc) is 2.03. The van der Waals surface area contributed by atoms with Gasteiger partial charge in [-0.1, -0.05) is 0 Å². The lowest BCUT2D eigenvalue weighted by Gasteiger charge is -2.40. The Balaban J connectivity index is 2.68. The van der Waals surface area contributed by atoms with Crippen LogP contribution in [0.3, 0.4) is 0 Å². The van der Waals surface area contributed by atoms with Crippen LogP contribution in [0, 0.1) is 0 Å². The largest absolute Gasteiger partial charge is 0.336 e. The Morgan fingerprint density at radius 2 is 1.85 bits per heavy atom. The fraction of sp³-hybridized carbons (Fsp3) is 0.900. The Kier molecular flexibility index (Phi) is 3.31. The summed E-state index contributed by atoms with van der Waals surface area (Å²) in [6, 6.07) is 0.368. The molecule has 0 aliphatic carbocycles. The fourth-order valence-electron chi connectivity index (χ4n) is 2.09. The van der Waals surface area contributed by atoms with Gasteiger partial charge in [0.1, 0.15) is 0 Å². The molecule has 3 atom stereocenters. The standard InChI is InChI=1S/C10H20N2O/c1-7-5-4-6-8(2)12(7)10(13)9(3)11/h7-9H,4-6,11H2,1-3H3/t7?,8?,9-/m1/s1. The molecule has 0 aromatic rings. The van der Waals surface area contributed by atoms with Crippen LogP contribution >= 0.6 is 0 Å². The molecule has 0 bridgehead atoms. The number of rotatable bonds is 1. The number of hydrogen-bond donors (Lipinski definition) is 1. The van der Waals surface area contributed by atoms with Gasteiger partial charge in [-0.3, -0.25) is 4.79 Å². The normalized spacial score (nSPS) is 31.5. The van der Waals surface area contributed by atoms with Crippen LogP contribution in [0.25, 0.3) is 0 Å². The minimum atomic E-state index is -0.358. The molecule has 3 nitrogen and oxygen atoms in total. The molecule has 0 radical (unpaired) electrons. The summed E-state index contributed by atoms with van der Waals surface area (Å²) < 4.78 is 0. The molecule has 1 fully saturated rings. The van der Waals surface area contributed by atoms with E-state index >= 15 is 0 Å². The summed E-state index contributed by atoms with van der Waals surface area (Å²) in [7, 11) is 0. The lowest BCUT2D eigenvalue weighted by Crippen LogP contribution is -2.52. The highest BCUT2D eigenvalue weighted by Crippen LogP contribution is 2.22. The first-order valence-corrected chi connectivity index (χ1v) is 5.11. The van der Waals surface area contributed by atoms with Crippen molar-refractivity contribution in [3.63, 3.8) is 0 Å². The molecule has 1 aliphatic rings. The number of carbonyl (C=O) groups excluding carboxylic acids is 1. The quantitative estimate of drug-likeness (QED) is 0.664. The maximum Gasteiger partial charge on any atom is 0.239 e. The smallest absolute Gasteiger partial charge is 0.239 e. The van der Waals surface area contributed by atoms with Crippen LogP contribution in [-0.2, 0) is 4.79 Å². The molecule has 1 rings (SSSR count). The van der Waals surface area contributed by atoms with Gasteiger partial charge in [-0.15, -0.1) is 0 Å². The van der Waals surface area contributed by atoms with Gasteiger partial charge < -0.3 is 10.6 Å². The summed E-state index contributed by atoms with van der Waals surface area (Å²) in [5.74, 6) is 0.0969. The van der Waals surface area contributed by atoms with Crippen LogP contribution in [0.2, 0.25) is 0 Å². The van der Waals surface area contributed by atoms with Gasteiger partial charge in [-0.2, -0.15) is 0 Å². The minimum Gasteiger partial charge on any atom is -0.336 e. The number of piperidine rings is 1. The highest BCUT2D eigenvalue weighted by Gasteiger charge is 2.30. The average molecular weight is 184 g/mol. The molecule has 1 amide bonds. The molecule has 13 heavy (non-hydrogen) atoms. The molecule has 3 heteroatoms. The van der Waals surface area contributed by atoms with E-state index in [-0.39, 0.29) is 11.9 Å². The van der Waals surface area contributed by atoms with Crippen LogP contribution in [-0.4, -0.2) is 28.9 Å². The number of amides is 1.